The van der Waals surface area contributed by atoms with Gasteiger partial charge in [0.2, 0.25) is 0 Å². The Bertz CT molecular complexity index is 885. The Morgan fingerprint density at radius 1 is 1.29 bits per heavy atom. The minimum Gasteiger partial charge on any atom is -0.338 e. The van der Waals surface area contributed by atoms with E-state index in [0.29, 0.717) is 10.8 Å². The van der Waals surface area contributed by atoms with Gasteiger partial charge >= 0.3 is 0 Å². The third-order valence-corrected chi connectivity index (χ3v) is 5.37. The lowest BCUT2D eigenvalue weighted by atomic mass is 9.92. The van der Waals surface area contributed by atoms with Gasteiger partial charge in [0.05, 0.1) is 11.2 Å². The molecule has 7 heteroatoms. The second-order valence-corrected chi connectivity index (χ2v) is 6.81. The van der Waals surface area contributed by atoms with E-state index in [2.05, 4.69) is 25.6 Å². The van der Waals surface area contributed by atoms with Crippen LogP contribution in [0.5, 0.6) is 0 Å². The first-order valence-electron chi connectivity index (χ1n) is 8.01. The maximum atomic E-state index is 12.5. The van der Waals surface area contributed by atoms with Crippen molar-refractivity contribution in [3.63, 3.8) is 0 Å². The Kier molecular flexibility index (Phi) is 3.93. The number of carbonyl (C=O) groups excluding carboxylic acids is 1. The summed E-state index contributed by atoms with van der Waals surface area (Å²) < 4.78 is 3.86. The third-order valence-electron chi connectivity index (χ3n) is 4.55. The number of carbonyl (C=O) groups is 1. The summed E-state index contributed by atoms with van der Waals surface area (Å²) in [6, 6.07) is 6.02. The summed E-state index contributed by atoms with van der Waals surface area (Å²) in [5.74, 6) is 0.426. The van der Waals surface area contributed by atoms with Crippen LogP contribution in [-0.2, 0) is 0 Å². The number of likely N-dealkylation sites (tertiary alicyclic amines) is 1. The molecule has 1 fully saturated rings. The van der Waals surface area contributed by atoms with Crippen molar-refractivity contribution in [1.29, 1.82) is 0 Å². The second kappa shape index (κ2) is 6.24. The number of fused-ring (bicyclic) bond motifs is 1. The van der Waals surface area contributed by atoms with Gasteiger partial charge in [0, 0.05) is 42.5 Å². The predicted octanol–water partition coefficient (Wildman–Crippen LogP) is 2.81. The zero-order valence-electron chi connectivity index (χ0n) is 13.3. The standard InChI is InChI=1S/C17H17N5OS/c1-11-16(24-21-20-11)17(23)22-7-4-12(5-8-22)14-9-15-13(10-19-14)3-2-6-18-15/h2-3,6,9-10,12H,4-5,7-8H2,1H3. The summed E-state index contributed by atoms with van der Waals surface area (Å²) in [6.45, 7) is 3.31. The van der Waals surface area contributed by atoms with Crippen molar-refractivity contribution in [2.24, 2.45) is 0 Å². The van der Waals surface area contributed by atoms with E-state index >= 15 is 0 Å². The summed E-state index contributed by atoms with van der Waals surface area (Å²) >= 11 is 1.18. The highest BCUT2D eigenvalue weighted by atomic mass is 32.1. The van der Waals surface area contributed by atoms with Crippen LogP contribution in [-0.4, -0.2) is 43.5 Å². The number of aryl methyl sites for hydroxylation is 1. The number of hydrogen-bond donors (Lipinski definition) is 0. The zero-order valence-corrected chi connectivity index (χ0v) is 14.2. The molecule has 4 heterocycles. The molecule has 122 valence electrons. The molecule has 0 saturated carbocycles. The molecule has 1 saturated heterocycles. The average molecular weight is 339 g/mol. The molecule has 0 N–H and O–H groups in total. The van der Waals surface area contributed by atoms with Crippen LogP contribution in [0.2, 0.25) is 0 Å². The normalized spacial score (nSPS) is 15.8. The molecular weight excluding hydrogens is 322 g/mol. The predicted molar refractivity (Wildman–Crippen MR) is 92.1 cm³/mol. The number of pyridine rings is 2. The maximum Gasteiger partial charge on any atom is 0.267 e. The zero-order chi connectivity index (χ0) is 16.5. The number of aromatic nitrogens is 4. The monoisotopic (exact) mass is 339 g/mol. The van der Waals surface area contributed by atoms with Crippen LogP contribution in [0.3, 0.4) is 0 Å². The number of hydrogen-bond acceptors (Lipinski definition) is 6. The summed E-state index contributed by atoms with van der Waals surface area (Å²) in [5.41, 5.74) is 2.77. The molecule has 0 atom stereocenters. The molecular formula is C17H17N5OS. The number of nitrogens with zero attached hydrogens (tertiary/aromatic N) is 5. The van der Waals surface area contributed by atoms with Crippen molar-refractivity contribution in [2.45, 2.75) is 25.7 Å². The molecule has 4 rings (SSSR count). The Balaban J connectivity index is 1.47. The molecule has 3 aromatic heterocycles. The van der Waals surface area contributed by atoms with Crippen LogP contribution in [0.25, 0.3) is 10.9 Å². The first kappa shape index (κ1) is 15.1. The first-order chi connectivity index (χ1) is 11.7. The van der Waals surface area contributed by atoms with E-state index in [0.717, 1.165) is 48.2 Å². The van der Waals surface area contributed by atoms with E-state index in [1.54, 1.807) is 6.20 Å². The SMILES string of the molecule is Cc1nnsc1C(=O)N1CCC(c2cc3ncccc3cn2)CC1. The smallest absolute Gasteiger partial charge is 0.267 e. The Hall–Kier alpha value is -2.41. The number of piperidine rings is 1. The third kappa shape index (κ3) is 2.75. The van der Waals surface area contributed by atoms with E-state index < -0.39 is 0 Å². The van der Waals surface area contributed by atoms with Gasteiger partial charge in [-0.1, -0.05) is 4.49 Å². The van der Waals surface area contributed by atoms with Crippen LogP contribution in [0.4, 0.5) is 0 Å². The molecule has 6 nitrogen and oxygen atoms in total. The first-order valence-corrected chi connectivity index (χ1v) is 8.78. The van der Waals surface area contributed by atoms with Crippen LogP contribution in [0.1, 0.15) is 39.8 Å². The van der Waals surface area contributed by atoms with Gasteiger partial charge in [-0.25, -0.2) is 0 Å². The molecule has 0 unspecified atom stereocenters. The van der Waals surface area contributed by atoms with Gasteiger partial charge in [-0.05, 0) is 49.5 Å². The summed E-state index contributed by atoms with van der Waals surface area (Å²) in [4.78, 5) is 24.1. The van der Waals surface area contributed by atoms with Crippen molar-refractivity contribution in [1.82, 2.24) is 24.5 Å². The fourth-order valence-electron chi connectivity index (χ4n) is 3.15. The molecule has 3 aromatic rings. The molecule has 0 aliphatic carbocycles. The minimum absolute atomic E-state index is 0.0501. The van der Waals surface area contributed by atoms with E-state index in [4.69, 9.17) is 0 Å². The molecule has 0 bridgehead atoms. The van der Waals surface area contributed by atoms with Gasteiger partial charge in [-0.3, -0.25) is 14.8 Å². The Labute approximate surface area is 143 Å². The van der Waals surface area contributed by atoms with Gasteiger partial charge in [-0.2, -0.15) is 0 Å². The minimum atomic E-state index is 0.0501. The van der Waals surface area contributed by atoms with Gasteiger partial charge < -0.3 is 4.90 Å². The fourth-order valence-corrected chi connectivity index (χ4v) is 3.78. The molecule has 1 aliphatic heterocycles. The van der Waals surface area contributed by atoms with Crippen LogP contribution < -0.4 is 0 Å². The van der Waals surface area contributed by atoms with Crippen molar-refractivity contribution >= 4 is 28.3 Å². The highest BCUT2D eigenvalue weighted by Crippen LogP contribution is 2.29. The quantitative estimate of drug-likeness (QED) is 0.718. The summed E-state index contributed by atoms with van der Waals surface area (Å²) in [5, 5.41) is 4.99. The molecule has 24 heavy (non-hydrogen) atoms. The molecule has 1 amide bonds. The van der Waals surface area contributed by atoms with E-state index in [9.17, 15) is 4.79 Å². The topological polar surface area (TPSA) is 71.9 Å². The van der Waals surface area contributed by atoms with Gasteiger partial charge in [-0.15, -0.1) is 5.10 Å². The van der Waals surface area contributed by atoms with E-state index in [1.807, 2.05) is 30.2 Å². The number of rotatable bonds is 2. The van der Waals surface area contributed by atoms with Crippen LogP contribution in [0.15, 0.2) is 30.6 Å². The van der Waals surface area contributed by atoms with Gasteiger partial charge in [0.1, 0.15) is 4.88 Å². The molecule has 0 aromatic carbocycles. The number of amides is 1. The van der Waals surface area contributed by atoms with Crippen LogP contribution in [0, 0.1) is 6.92 Å². The molecule has 0 spiro atoms. The van der Waals surface area contributed by atoms with Gasteiger partial charge in [0.25, 0.3) is 5.91 Å². The second-order valence-electron chi connectivity index (χ2n) is 6.06. The Morgan fingerprint density at radius 2 is 2.12 bits per heavy atom. The Morgan fingerprint density at radius 3 is 2.88 bits per heavy atom. The van der Waals surface area contributed by atoms with Crippen LogP contribution >= 0.6 is 11.5 Å². The lowest BCUT2D eigenvalue weighted by Crippen LogP contribution is -2.38. The lowest BCUT2D eigenvalue weighted by Gasteiger charge is -2.31. The van der Waals surface area contributed by atoms with E-state index in [-0.39, 0.29) is 5.91 Å². The van der Waals surface area contributed by atoms with Crippen molar-refractivity contribution in [3.05, 3.63) is 46.9 Å². The van der Waals surface area contributed by atoms with Gasteiger partial charge in [0.15, 0.2) is 0 Å². The summed E-state index contributed by atoms with van der Waals surface area (Å²) in [6.07, 6.45) is 5.53. The average Bonchev–Trinajstić information content (AvgIpc) is 3.07. The highest BCUT2D eigenvalue weighted by Gasteiger charge is 2.27. The van der Waals surface area contributed by atoms with E-state index in [1.165, 1.54) is 11.5 Å². The summed E-state index contributed by atoms with van der Waals surface area (Å²) in [7, 11) is 0. The molecule has 1 aliphatic rings. The van der Waals surface area contributed by atoms with Crippen molar-refractivity contribution in [3.8, 4) is 0 Å². The molecule has 0 radical (unpaired) electrons. The largest absolute Gasteiger partial charge is 0.338 e. The van der Waals surface area contributed by atoms with Crippen molar-refractivity contribution in [2.75, 3.05) is 13.1 Å². The lowest BCUT2D eigenvalue weighted by molar-refractivity contribution is 0.0716. The maximum absolute atomic E-state index is 12.5. The fraction of sp³-hybridized carbons (Fsp3) is 0.353. The highest BCUT2D eigenvalue weighted by molar-refractivity contribution is 7.07. The van der Waals surface area contributed by atoms with Crippen molar-refractivity contribution < 1.29 is 4.79 Å².